The molecule has 110 valence electrons. The molecule has 0 radical (unpaired) electrons. The zero-order valence-corrected chi connectivity index (χ0v) is 12.0. The fraction of sp³-hybridized carbons (Fsp3) is 0.278. The Morgan fingerprint density at radius 1 is 0.762 bits per heavy atom. The second-order valence-corrected chi connectivity index (χ2v) is 4.82. The van der Waals surface area contributed by atoms with Crippen molar-refractivity contribution < 1.29 is 14.3 Å². The largest absolute Gasteiger partial charge is 0.508 e. The van der Waals surface area contributed by atoms with Crippen LogP contribution in [0.5, 0.6) is 0 Å². The van der Waals surface area contributed by atoms with E-state index in [1.807, 2.05) is 48.5 Å². The molecule has 0 saturated heterocycles. The maximum absolute atomic E-state index is 11.4. The lowest BCUT2D eigenvalue weighted by atomic mass is 10.1. The fourth-order valence-electron chi connectivity index (χ4n) is 1.99. The van der Waals surface area contributed by atoms with Crippen molar-refractivity contribution in [3.8, 4) is 0 Å². The Labute approximate surface area is 125 Å². The molecule has 0 aliphatic carbocycles. The Morgan fingerprint density at radius 3 is 2.05 bits per heavy atom. The Hall–Kier alpha value is -2.29. The summed E-state index contributed by atoms with van der Waals surface area (Å²) >= 11 is 0. The molecular weight excluding hydrogens is 264 g/mol. The molecule has 0 fully saturated rings. The SMILES string of the molecule is O=C(OCCCCc1ccccc1)OCc1ccccc1. The van der Waals surface area contributed by atoms with Gasteiger partial charge in [-0.1, -0.05) is 60.7 Å². The third-order valence-electron chi connectivity index (χ3n) is 3.12. The van der Waals surface area contributed by atoms with Crippen LogP contribution < -0.4 is 0 Å². The van der Waals surface area contributed by atoms with Crippen molar-refractivity contribution in [3.63, 3.8) is 0 Å². The quantitative estimate of drug-likeness (QED) is 0.559. The van der Waals surface area contributed by atoms with E-state index in [2.05, 4.69) is 12.1 Å². The lowest BCUT2D eigenvalue weighted by Gasteiger charge is -2.06. The standard InChI is InChI=1S/C18H20O3/c19-18(21-15-17-12-5-2-6-13-17)20-14-8-7-11-16-9-3-1-4-10-16/h1-6,9-10,12-13H,7-8,11,14-15H2. The molecule has 2 aromatic rings. The monoisotopic (exact) mass is 284 g/mol. The zero-order valence-electron chi connectivity index (χ0n) is 12.0. The fourth-order valence-corrected chi connectivity index (χ4v) is 1.99. The second-order valence-electron chi connectivity index (χ2n) is 4.82. The van der Waals surface area contributed by atoms with Crippen LogP contribution >= 0.6 is 0 Å². The van der Waals surface area contributed by atoms with Gasteiger partial charge in [-0.2, -0.15) is 0 Å². The lowest BCUT2D eigenvalue weighted by Crippen LogP contribution is -2.08. The summed E-state index contributed by atoms with van der Waals surface area (Å²) in [7, 11) is 0. The molecule has 0 saturated carbocycles. The summed E-state index contributed by atoms with van der Waals surface area (Å²) in [5.41, 5.74) is 2.27. The molecular formula is C18H20O3. The van der Waals surface area contributed by atoms with E-state index in [9.17, 15) is 4.79 Å². The molecule has 3 heteroatoms. The van der Waals surface area contributed by atoms with Gasteiger partial charge in [0.25, 0.3) is 0 Å². The van der Waals surface area contributed by atoms with Gasteiger partial charge >= 0.3 is 6.16 Å². The highest BCUT2D eigenvalue weighted by atomic mass is 16.7. The van der Waals surface area contributed by atoms with Crippen LogP contribution in [0, 0.1) is 0 Å². The summed E-state index contributed by atoms with van der Waals surface area (Å²) in [5.74, 6) is 0. The number of hydrogen-bond acceptors (Lipinski definition) is 3. The normalized spacial score (nSPS) is 10.1. The number of rotatable bonds is 7. The molecule has 21 heavy (non-hydrogen) atoms. The number of aryl methyl sites for hydroxylation is 1. The highest BCUT2D eigenvalue weighted by Crippen LogP contribution is 2.05. The van der Waals surface area contributed by atoms with Gasteiger partial charge in [0.1, 0.15) is 6.61 Å². The van der Waals surface area contributed by atoms with Crippen LogP contribution in [0.1, 0.15) is 24.0 Å². The molecule has 0 aliphatic heterocycles. The first-order valence-electron chi connectivity index (χ1n) is 7.22. The van der Waals surface area contributed by atoms with Crippen LogP contribution in [-0.4, -0.2) is 12.8 Å². The van der Waals surface area contributed by atoms with E-state index in [0.717, 1.165) is 24.8 Å². The Morgan fingerprint density at radius 2 is 1.38 bits per heavy atom. The van der Waals surface area contributed by atoms with E-state index in [1.165, 1.54) is 5.56 Å². The number of carbonyl (C=O) groups excluding carboxylic acids is 1. The van der Waals surface area contributed by atoms with Gasteiger partial charge in [0, 0.05) is 0 Å². The van der Waals surface area contributed by atoms with Crippen LogP contribution in [0.25, 0.3) is 0 Å². The first kappa shape index (κ1) is 15.1. The number of benzene rings is 2. The molecule has 0 atom stereocenters. The molecule has 0 aliphatic rings. The smallest absolute Gasteiger partial charge is 0.434 e. The highest BCUT2D eigenvalue weighted by molar-refractivity contribution is 5.59. The molecule has 0 amide bonds. The van der Waals surface area contributed by atoms with Gasteiger partial charge in [-0.3, -0.25) is 0 Å². The average molecular weight is 284 g/mol. The molecule has 0 N–H and O–H groups in total. The minimum atomic E-state index is -0.599. The molecule has 3 nitrogen and oxygen atoms in total. The van der Waals surface area contributed by atoms with E-state index in [4.69, 9.17) is 9.47 Å². The van der Waals surface area contributed by atoms with Crippen molar-refractivity contribution in [2.75, 3.05) is 6.61 Å². The first-order valence-corrected chi connectivity index (χ1v) is 7.22. The van der Waals surface area contributed by atoms with Crippen molar-refractivity contribution in [2.24, 2.45) is 0 Å². The van der Waals surface area contributed by atoms with Gasteiger partial charge in [0.15, 0.2) is 0 Å². The van der Waals surface area contributed by atoms with Crippen LogP contribution in [0.2, 0.25) is 0 Å². The topological polar surface area (TPSA) is 35.5 Å². The summed E-state index contributed by atoms with van der Waals surface area (Å²) in [6.07, 6.45) is 2.24. The van der Waals surface area contributed by atoms with E-state index >= 15 is 0 Å². The number of hydrogen-bond donors (Lipinski definition) is 0. The van der Waals surface area contributed by atoms with E-state index in [0.29, 0.717) is 6.61 Å². The van der Waals surface area contributed by atoms with Crippen LogP contribution in [0.4, 0.5) is 4.79 Å². The summed E-state index contributed by atoms with van der Waals surface area (Å²) in [6.45, 7) is 0.657. The van der Waals surface area contributed by atoms with Gasteiger partial charge < -0.3 is 9.47 Å². The molecule has 2 rings (SSSR count). The zero-order chi connectivity index (χ0) is 14.8. The van der Waals surface area contributed by atoms with Crippen molar-refractivity contribution >= 4 is 6.16 Å². The molecule has 2 aromatic carbocycles. The van der Waals surface area contributed by atoms with Crippen molar-refractivity contribution in [3.05, 3.63) is 71.8 Å². The Balaban J connectivity index is 1.53. The van der Waals surface area contributed by atoms with Crippen LogP contribution in [0.15, 0.2) is 60.7 Å². The minimum absolute atomic E-state index is 0.254. The minimum Gasteiger partial charge on any atom is -0.434 e. The molecule has 0 unspecified atom stereocenters. The summed E-state index contributed by atoms with van der Waals surface area (Å²) in [5, 5.41) is 0. The van der Waals surface area contributed by atoms with Crippen molar-refractivity contribution in [1.82, 2.24) is 0 Å². The first-order chi connectivity index (χ1) is 10.3. The second kappa shape index (κ2) is 8.80. The van der Waals surface area contributed by atoms with Crippen molar-refractivity contribution in [2.45, 2.75) is 25.9 Å². The van der Waals surface area contributed by atoms with E-state index in [1.54, 1.807) is 0 Å². The third-order valence-corrected chi connectivity index (χ3v) is 3.12. The van der Waals surface area contributed by atoms with Crippen LogP contribution in [0.3, 0.4) is 0 Å². The maximum Gasteiger partial charge on any atom is 0.508 e. The Kier molecular flexibility index (Phi) is 6.33. The highest BCUT2D eigenvalue weighted by Gasteiger charge is 2.03. The summed E-state index contributed by atoms with van der Waals surface area (Å²) in [4.78, 5) is 11.4. The summed E-state index contributed by atoms with van der Waals surface area (Å²) < 4.78 is 10.1. The van der Waals surface area contributed by atoms with Gasteiger partial charge in [0.05, 0.1) is 6.61 Å². The molecule has 0 spiro atoms. The number of ether oxygens (including phenoxy) is 2. The number of carbonyl (C=O) groups is 1. The van der Waals surface area contributed by atoms with E-state index in [-0.39, 0.29) is 6.61 Å². The predicted molar refractivity (Wildman–Crippen MR) is 82.0 cm³/mol. The van der Waals surface area contributed by atoms with E-state index < -0.39 is 6.16 Å². The average Bonchev–Trinajstić information content (AvgIpc) is 2.54. The number of unbranched alkanes of at least 4 members (excludes halogenated alkanes) is 1. The molecule has 0 bridgehead atoms. The van der Waals surface area contributed by atoms with Crippen LogP contribution in [-0.2, 0) is 22.5 Å². The molecule has 0 aromatic heterocycles. The van der Waals surface area contributed by atoms with Gasteiger partial charge in [-0.15, -0.1) is 0 Å². The third kappa shape index (κ3) is 6.13. The lowest BCUT2D eigenvalue weighted by molar-refractivity contribution is 0.0489. The van der Waals surface area contributed by atoms with Crippen molar-refractivity contribution in [1.29, 1.82) is 0 Å². The molecule has 0 heterocycles. The van der Waals surface area contributed by atoms with Gasteiger partial charge in [-0.05, 0) is 30.4 Å². The Bertz CT molecular complexity index is 523. The summed E-state index contributed by atoms with van der Waals surface area (Å²) in [6, 6.07) is 19.9. The van der Waals surface area contributed by atoms with Gasteiger partial charge in [0.2, 0.25) is 0 Å². The maximum atomic E-state index is 11.4. The predicted octanol–water partition coefficient (Wildman–Crippen LogP) is 4.36. The van der Waals surface area contributed by atoms with Gasteiger partial charge in [-0.25, -0.2) is 4.79 Å².